The molecule has 0 bridgehead atoms. The molecule has 0 N–H and O–H groups in total. The first-order chi connectivity index (χ1) is 16.6. The van der Waals surface area contributed by atoms with E-state index in [0.29, 0.717) is 39.7 Å². The molecular formula is C29H28O6. The summed E-state index contributed by atoms with van der Waals surface area (Å²) in [5.41, 5.74) is 3.29. The van der Waals surface area contributed by atoms with Crippen LogP contribution in [0.15, 0.2) is 60.4 Å². The third-order valence-electron chi connectivity index (χ3n) is 5.93. The van der Waals surface area contributed by atoms with Crippen LogP contribution < -0.4 is 18.9 Å². The Morgan fingerprint density at radius 2 is 1.54 bits per heavy atom. The molecule has 0 fully saturated rings. The van der Waals surface area contributed by atoms with Gasteiger partial charge in [0.1, 0.15) is 11.5 Å². The third-order valence-corrected chi connectivity index (χ3v) is 5.93. The van der Waals surface area contributed by atoms with Crippen LogP contribution in [-0.2, 0) is 5.41 Å². The van der Waals surface area contributed by atoms with E-state index in [0.717, 1.165) is 11.1 Å². The molecule has 3 aromatic carbocycles. The summed E-state index contributed by atoms with van der Waals surface area (Å²) in [5, 5.41) is 0. The Balaban J connectivity index is 1.56. The number of esters is 1. The van der Waals surface area contributed by atoms with Crippen molar-refractivity contribution >= 4 is 17.8 Å². The number of rotatable bonds is 5. The SMILES string of the molecule is COc1ccc(/C=C2\Oc3c(ccc(OC(=O)c4ccc(C(C)(C)C)cc4)c3C)C2=O)cc1OC. The second-order valence-electron chi connectivity index (χ2n) is 9.34. The number of benzene rings is 3. The molecule has 0 unspecified atom stereocenters. The van der Waals surface area contributed by atoms with Gasteiger partial charge in [0.25, 0.3) is 0 Å². The zero-order valence-corrected chi connectivity index (χ0v) is 20.7. The van der Waals surface area contributed by atoms with Crippen molar-refractivity contribution in [2.45, 2.75) is 33.1 Å². The van der Waals surface area contributed by atoms with E-state index in [1.54, 1.807) is 69.7 Å². The van der Waals surface area contributed by atoms with Crippen molar-refractivity contribution in [3.8, 4) is 23.0 Å². The molecule has 4 rings (SSSR count). The molecule has 0 saturated carbocycles. The first-order valence-corrected chi connectivity index (χ1v) is 11.2. The lowest BCUT2D eigenvalue weighted by Gasteiger charge is -2.19. The summed E-state index contributed by atoms with van der Waals surface area (Å²) in [6.07, 6.45) is 1.65. The van der Waals surface area contributed by atoms with Gasteiger partial charge in [-0.1, -0.05) is 39.0 Å². The summed E-state index contributed by atoms with van der Waals surface area (Å²) < 4.78 is 22.2. The molecule has 180 valence electrons. The van der Waals surface area contributed by atoms with Crippen molar-refractivity contribution in [3.63, 3.8) is 0 Å². The van der Waals surface area contributed by atoms with Crippen molar-refractivity contribution in [2.24, 2.45) is 0 Å². The van der Waals surface area contributed by atoms with Crippen molar-refractivity contribution in [1.82, 2.24) is 0 Å². The average Bonchev–Trinajstić information content (AvgIpc) is 3.16. The van der Waals surface area contributed by atoms with Gasteiger partial charge in [0.05, 0.1) is 25.3 Å². The number of ether oxygens (including phenoxy) is 4. The highest BCUT2D eigenvalue weighted by Gasteiger charge is 2.30. The van der Waals surface area contributed by atoms with Crippen LogP contribution in [0.3, 0.4) is 0 Å². The van der Waals surface area contributed by atoms with Gasteiger partial charge >= 0.3 is 5.97 Å². The lowest BCUT2D eigenvalue weighted by atomic mass is 9.87. The first-order valence-electron chi connectivity index (χ1n) is 11.2. The van der Waals surface area contributed by atoms with Crippen LogP contribution in [0.2, 0.25) is 0 Å². The predicted octanol–water partition coefficient (Wildman–Crippen LogP) is 6.15. The lowest BCUT2D eigenvalue weighted by molar-refractivity contribution is 0.0733. The minimum Gasteiger partial charge on any atom is -0.493 e. The van der Waals surface area contributed by atoms with Crippen LogP contribution in [0.4, 0.5) is 0 Å². The van der Waals surface area contributed by atoms with Gasteiger partial charge < -0.3 is 18.9 Å². The molecule has 1 aliphatic rings. The second-order valence-corrected chi connectivity index (χ2v) is 9.34. The van der Waals surface area contributed by atoms with Crippen LogP contribution >= 0.6 is 0 Å². The molecule has 35 heavy (non-hydrogen) atoms. The van der Waals surface area contributed by atoms with Gasteiger partial charge in [0.15, 0.2) is 17.3 Å². The zero-order valence-electron chi connectivity index (χ0n) is 20.7. The zero-order chi connectivity index (χ0) is 25.3. The highest BCUT2D eigenvalue weighted by molar-refractivity contribution is 6.15. The highest BCUT2D eigenvalue weighted by atomic mass is 16.5. The van der Waals surface area contributed by atoms with E-state index in [1.807, 2.05) is 12.1 Å². The Morgan fingerprint density at radius 3 is 2.17 bits per heavy atom. The summed E-state index contributed by atoms with van der Waals surface area (Å²) in [5.74, 6) is 1.32. The van der Waals surface area contributed by atoms with Gasteiger partial charge in [-0.2, -0.15) is 0 Å². The topological polar surface area (TPSA) is 71.1 Å². The molecule has 0 saturated heterocycles. The maximum absolute atomic E-state index is 12.9. The number of ketones is 1. The van der Waals surface area contributed by atoms with E-state index in [4.69, 9.17) is 18.9 Å². The minimum atomic E-state index is -0.473. The molecule has 0 spiro atoms. The van der Waals surface area contributed by atoms with Gasteiger partial charge in [0, 0.05) is 5.56 Å². The van der Waals surface area contributed by atoms with Crippen molar-refractivity contribution in [2.75, 3.05) is 14.2 Å². The first kappa shape index (κ1) is 24.1. The standard InChI is InChI=1S/C29H28O6/c1-17-22(35-28(31)19-8-10-20(11-9-19)29(2,3)4)14-12-21-26(30)25(34-27(17)21)16-18-7-13-23(32-5)24(15-18)33-6/h7-16H,1-6H3/b25-16-. The highest BCUT2D eigenvalue weighted by Crippen LogP contribution is 2.40. The van der Waals surface area contributed by atoms with Crippen LogP contribution in [0, 0.1) is 6.92 Å². The third kappa shape index (κ3) is 4.78. The predicted molar refractivity (Wildman–Crippen MR) is 134 cm³/mol. The molecule has 1 aliphatic heterocycles. The van der Waals surface area contributed by atoms with Gasteiger partial charge in [-0.3, -0.25) is 4.79 Å². The summed E-state index contributed by atoms with van der Waals surface area (Å²) in [6, 6.07) is 15.9. The molecule has 0 aromatic heterocycles. The molecule has 0 aliphatic carbocycles. The van der Waals surface area contributed by atoms with E-state index in [1.165, 1.54) is 0 Å². The van der Waals surface area contributed by atoms with Gasteiger partial charge in [-0.05, 0) is 65.9 Å². The molecule has 6 nitrogen and oxygen atoms in total. The fourth-order valence-corrected chi connectivity index (χ4v) is 3.84. The van der Waals surface area contributed by atoms with Crippen molar-refractivity contribution < 1.29 is 28.5 Å². The monoisotopic (exact) mass is 472 g/mol. The van der Waals surface area contributed by atoms with Crippen LogP contribution in [0.25, 0.3) is 6.08 Å². The Bertz CT molecular complexity index is 1330. The van der Waals surface area contributed by atoms with E-state index in [9.17, 15) is 9.59 Å². The number of fused-ring (bicyclic) bond motifs is 1. The van der Waals surface area contributed by atoms with Crippen LogP contribution in [-0.4, -0.2) is 26.0 Å². The maximum Gasteiger partial charge on any atom is 0.343 e. The molecule has 0 atom stereocenters. The smallest absolute Gasteiger partial charge is 0.343 e. The number of Topliss-reactive ketones (excluding diaryl/α,β-unsaturated/α-hetero) is 1. The summed E-state index contributed by atoms with van der Waals surface area (Å²) in [7, 11) is 3.11. The lowest BCUT2D eigenvalue weighted by Crippen LogP contribution is -2.13. The maximum atomic E-state index is 12.9. The fraction of sp³-hybridized carbons (Fsp3) is 0.241. The molecule has 0 radical (unpaired) electrons. The molecule has 0 amide bonds. The molecular weight excluding hydrogens is 444 g/mol. The number of methoxy groups -OCH3 is 2. The second kappa shape index (κ2) is 9.29. The number of hydrogen-bond donors (Lipinski definition) is 0. The van der Waals surface area contributed by atoms with Crippen molar-refractivity contribution in [3.05, 3.63) is 88.2 Å². The summed E-state index contributed by atoms with van der Waals surface area (Å²) in [4.78, 5) is 25.7. The molecule has 6 heteroatoms. The van der Waals surface area contributed by atoms with Gasteiger partial charge in [-0.15, -0.1) is 0 Å². The summed E-state index contributed by atoms with van der Waals surface area (Å²) >= 11 is 0. The normalized spacial score (nSPS) is 13.9. The number of carbonyl (C=O) groups is 2. The minimum absolute atomic E-state index is 0.00887. The average molecular weight is 473 g/mol. The number of allylic oxidation sites excluding steroid dienone is 1. The van der Waals surface area contributed by atoms with Gasteiger partial charge in [0.2, 0.25) is 5.78 Å². The Morgan fingerprint density at radius 1 is 0.886 bits per heavy atom. The molecule has 3 aromatic rings. The number of carbonyl (C=O) groups excluding carboxylic acids is 2. The van der Waals surface area contributed by atoms with Crippen LogP contribution in [0.5, 0.6) is 23.0 Å². The fourth-order valence-electron chi connectivity index (χ4n) is 3.84. The Kier molecular flexibility index (Phi) is 6.39. The van der Waals surface area contributed by atoms with E-state index < -0.39 is 5.97 Å². The van der Waals surface area contributed by atoms with Crippen LogP contribution in [0.1, 0.15) is 58.2 Å². The summed E-state index contributed by atoms with van der Waals surface area (Å²) in [6.45, 7) is 8.10. The quantitative estimate of drug-likeness (QED) is 0.252. The Hall–Kier alpha value is -4.06. The van der Waals surface area contributed by atoms with Gasteiger partial charge in [-0.25, -0.2) is 4.79 Å². The van der Waals surface area contributed by atoms with E-state index in [-0.39, 0.29) is 17.0 Å². The van der Waals surface area contributed by atoms with E-state index >= 15 is 0 Å². The Labute approximate surface area is 205 Å². The van der Waals surface area contributed by atoms with Crippen molar-refractivity contribution in [1.29, 1.82) is 0 Å². The largest absolute Gasteiger partial charge is 0.493 e. The van der Waals surface area contributed by atoms with E-state index in [2.05, 4.69) is 20.8 Å². The number of hydrogen-bond acceptors (Lipinski definition) is 6. The molecule has 1 heterocycles.